The number of aromatic nitrogens is 1. The number of rotatable bonds is 20. The first-order valence-electron chi connectivity index (χ1n) is 16.8. The second kappa shape index (κ2) is 16.5. The van der Waals surface area contributed by atoms with Crippen molar-refractivity contribution in [3.63, 3.8) is 0 Å². The second-order valence-electron chi connectivity index (χ2n) is 13.0. The number of unbranched alkanes of at least 4 members (excludes halogenated alkanes) is 2. The Balaban J connectivity index is 1.09. The van der Waals surface area contributed by atoms with Gasteiger partial charge in [-0.3, -0.25) is 9.78 Å². The highest BCUT2D eigenvalue weighted by molar-refractivity contribution is 6.31. The molecule has 2 aliphatic carbocycles. The van der Waals surface area contributed by atoms with Gasteiger partial charge in [-0.15, -0.1) is 0 Å². The lowest BCUT2D eigenvalue weighted by molar-refractivity contribution is -0.125. The summed E-state index contributed by atoms with van der Waals surface area (Å²) < 4.78 is 6.25. The van der Waals surface area contributed by atoms with Crippen molar-refractivity contribution in [1.82, 2.24) is 10.3 Å². The molecule has 0 saturated heterocycles. The van der Waals surface area contributed by atoms with E-state index >= 15 is 0 Å². The minimum atomic E-state index is -1.68. The van der Waals surface area contributed by atoms with Crippen molar-refractivity contribution in [3.05, 3.63) is 82.6 Å². The summed E-state index contributed by atoms with van der Waals surface area (Å²) in [5.41, 5.74) is 5.49. The summed E-state index contributed by atoms with van der Waals surface area (Å²) in [6, 6.07) is 16.5. The third kappa shape index (κ3) is 9.60. The number of para-hydroxylation sites is 1. The van der Waals surface area contributed by atoms with E-state index in [4.69, 9.17) is 21.4 Å². The zero-order chi connectivity index (χ0) is 33.4. The van der Waals surface area contributed by atoms with Crippen molar-refractivity contribution in [2.24, 2.45) is 0 Å². The number of carbonyl (C=O) groups is 1. The zero-order valence-corrected chi connectivity index (χ0v) is 27.5. The number of aryl methyl sites for hydroxylation is 1. The number of benzene rings is 2. The van der Waals surface area contributed by atoms with E-state index in [9.17, 15) is 25.2 Å². The summed E-state index contributed by atoms with van der Waals surface area (Å²) in [5.74, 6) is 0.891. The summed E-state index contributed by atoms with van der Waals surface area (Å²) in [4.78, 5) is 16.8. The molecule has 0 bridgehead atoms. The van der Waals surface area contributed by atoms with E-state index in [2.05, 4.69) is 46.7 Å². The normalized spacial score (nSPS) is 17.9. The summed E-state index contributed by atoms with van der Waals surface area (Å²) >= 11 is 6.65. The van der Waals surface area contributed by atoms with E-state index in [1.54, 1.807) is 0 Å². The smallest absolute Gasteiger partial charge is 0.133 e. The number of ketones is 1. The SMILES string of the molecule is O=C(CCCCCc1ccc(Cl)c(CNC2(c3cnccc3-c3ccccc3OC3CC3)CC2)c1)CC[C@@H](O)[C@H](O)[C@@H](O)[C@@H](O)CO. The number of pyridine rings is 1. The summed E-state index contributed by atoms with van der Waals surface area (Å²) in [6.45, 7) is -0.107. The summed E-state index contributed by atoms with van der Waals surface area (Å²) in [6.07, 6.45) is 5.92. The van der Waals surface area contributed by atoms with Crippen molar-refractivity contribution in [1.29, 1.82) is 0 Å². The number of nitrogens with zero attached hydrogens (tertiary/aromatic N) is 1. The maximum atomic E-state index is 12.3. The monoisotopic (exact) mass is 666 g/mol. The predicted octanol–water partition coefficient (Wildman–Crippen LogP) is 4.61. The third-order valence-corrected chi connectivity index (χ3v) is 9.64. The first kappa shape index (κ1) is 35.4. The van der Waals surface area contributed by atoms with Gasteiger partial charge in [0.2, 0.25) is 0 Å². The van der Waals surface area contributed by atoms with Crippen LogP contribution in [0.25, 0.3) is 11.1 Å². The third-order valence-electron chi connectivity index (χ3n) is 9.27. The van der Waals surface area contributed by atoms with Crippen LogP contribution < -0.4 is 10.1 Å². The van der Waals surface area contributed by atoms with Gasteiger partial charge in [0.25, 0.3) is 0 Å². The molecule has 254 valence electrons. The average molecular weight is 667 g/mol. The van der Waals surface area contributed by atoms with Crippen molar-refractivity contribution >= 4 is 17.4 Å². The zero-order valence-electron chi connectivity index (χ0n) is 26.7. The Morgan fingerprint density at radius 2 is 1.72 bits per heavy atom. The molecule has 0 radical (unpaired) electrons. The maximum Gasteiger partial charge on any atom is 0.133 e. The number of hydrogen-bond acceptors (Lipinski definition) is 9. The van der Waals surface area contributed by atoms with Crippen LogP contribution in [0.2, 0.25) is 5.02 Å². The highest BCUT2D eigenvalue weighted by atomic mass is 35.5. The fraction of sp³-hybridized carbons (Fsp3) is 0.514. The predicted molar refractivity (Wildman–Crippen MR) is 180 cm³/mol. The number of nitrogens with one attached hydrogen (secondary N) is 1. The molecule has 0 amide bonds. The molecule has 0 aliphatic heterocycles. The molecule has 4 atom stereocenters. The largest absolute Gasteiger partial charge is 0.490 e. The van der Waals surface area contributed by atoms with Crippen LogP contribution in [0, 0.1) is 0 Å². The van der Waals surface area contributed by atoms with Crippen LogP contribution in [0.15, 0.2) is 60.9 Å². The summed E-state index contributed by atoms with van der Waals surface area (Å²) in [7, 11) is 0. The van der Waals surface area contributed by atoms with Gasteiger partial charge in [0, 0.05) is 47.9 Å². The van der Waals surface area contributed by atoms with Gasteiger partial charge in [-0.05, 0) is 91.8 Å². The fourth-order valence-corrected chi connectivity index (χ4v) is 6.20. The van der Waals surface area contributed by atoms with Crippen molar-refractivity contribution in [2.45, 2.75) is 113 Å². The number of aliphatic hydroxyl groups excluding tert-OH is 5. The molecule has 2 saturated carbocycles. The van der Waals surface area contributed by atoms with Gasteiger partial charge in [-0.1, -0.05) is 48.4 Å². The van der Waals surface area contributed by atoms with Crippen LogP contribution in [0.4, 0.5) is 0 Å². The molecule has 0 unspecified atom stereocenters. The number of halogens is 1. The van der Waals surface area contributed by atoms with Gasteiger partial charge in [0.05, 0.1) is 18.8 Å². The Bertz CT molecular complexity index is 1480. The Labute approximate surface area is 281 Å². The van der Waals surface area contributed by atoms with Crippen LogP contribution in [-0.4, -0.2) is 73.4 Å². The number of ether oxygens (including phenoxy) is 1. The molecule has 3 aromatic rings. The van der Waals surface area contributed by atoms with Crippen molar-refractivity contribution < 1.29 is 35.1 Å². The lowest BCUT2D eigenvalue weighted by Crippen LogP contribution is -2.45. The van der Waals surface area contributed by atoms with E-state index in [1.807, 2.05) is 24.5 Å². The molecule has 2 fully saturated rings. The molecular formula is C37H47ClN2O7. The first-order chi connectivity index (χ1) is 22.7. The Morgan fingerprint density at radius 1 is 0.957 bits per heavy atom. The van der Waals surface area contributed by atoms with Crippen LogP contribution in [0.5, 0.6) is 5.75 Å². The Kier molecular flexibility index (Phi) is 12.4. The molecule has 9 nitrogen and oxygen atoms in total. The average Bonchev–Trinajstić information content (AvgIpc) is 4.04. The standard InChI is InChI=1S/C37H47ClN2O7/c38-31-14-10-24(6-2-1-3-7-26(42)11-15-32(43)35(45)36(46)33(44)23-41)20-25(31)21-40-37(17-18-37)30-22-39-19-16-28(30)29-8-4-5-9-34(29)47-27-12-13-27/h4-5,8-10,14,16,19-20,22,27,32-33,35-36,40-41,43-46H,1-3,6-7,11-13,15,17-18,21,23H2/t32-,33+,35+,36+/m1/s1. The molecule has 5 rings (SSSR count). The van der Waals surface area contributed by atoms with Crippen LogP contribution in [0.1, 0.15) is 80.9 Å². The van der Waals surface area contributed by atoms with Gasteiger partial charge in [-0.2, -0.15) is 0 Å². The Morgan fingerprint density at radius 3 is 2.47 bits per heavy atom. The lowest BCUT2D eigenvalue weighted by atomic mass is 9.94. The number of hydrogen-bond donors (Lipinski definition) is 6. The highest BCUT2D eigenvalue weighted by Crippen LogP contribution is 2.50. The van der Waals surface area contributed by atoms with E-state index in [1.165, 1.54) is 11.1 Å². The molecule has 6 N–H and O–H groups in total. The summed E-state index contributed by atoms with van der Waals surface area (Å²) in [5, 5.41) is 52.5. The molecule has 2 aromatic carbocycles. The minimum absolute atomic E-state index is 0.0255. The van der Waals surface area contributed by atoms with Crippen LogP contribution in [-0.2, 0) is 23.3 Å². The van der Waals surface area contributed by atoms with Gasteiger partial charge < -0.3 is 35.6 Å². The van der Waals surface area contributed by atoms with Gasteiger partial charge in [-0.25, -0.2) is 0 Å². The maximum absolute atomic E-state index is 12.3. The highest BCUT2D eigenvalue weighted by Gasteiger charge is 2.46. The second-order valence-corrected chi connectivity index (χ2v) is 13.4. The fourth-order valence-electron chi connectivity index (χ4n) is 6.01. The Hall–Kier alpha value is -2.89. The van der Waals surface area contributed by atoms with Gasteiger partial charge >= 0.3 is 0 Å². The lowest BCUT2D eigenvalue weighted by Gasteiger charge is -2.25. The first-order valence-corrected chi connectivity index (χ1v) is 17.2. The molecule has 10 heteroatoms. The van der Waals surface area contributed by atoms with E-state index in [0.717, 1.165) is 78.8 Å². The van der Waals surface area contributed by atoms with E-state index in [0.29, 0.717) is 19.1 Å². The quantitative estimate of drug-likeness (QED) is 0.0950. The molecule has 1 aromatic heterocycles. The molecule has 2 aliphatic rings. The van der Waals surface area contributed by atoms with E-state index in [-0.39, 0.29) is 24.2 Å². The van der Waals surface area contributed by atoms with Gasteiger partial charge in [0.15, 0.2) is 0 Å². The topological polar surface area (TPSA) is 152 Å². The van der Waals surface area contributed by atoms with Crippen molar-refractivity contribution in [3.8, 4) is 16.9 Å². The number of Topliss-reactive ketones (excluding diaryl/α,β-unsaturated/α-hetero) is 1. The minimum Gasteiger partial charge on any atom is -0.490 e. The number of carbonyl (C=O) groups excluding carboxylic acids is 1. The molecule has 0 spiro atoms. The molecule has 1 heterocycles. The molecular weight excluding hydrogens is 620 g/mol. The van der Waals surface area contributed by atoms with Crippen LogP contribution in [0.3, 0.4) is 0 Å². The van der Waals surface area contributed by atoms with Gasteiger partial charge in [0.1, 0.15) is 29.8 Å². The van der Waals surface area contributed by atoms with Crippen LogP contribution >= 0.6 is 11.6 Å². The molecule has 47 heavy (non-hydrogen) atoms. The number of aliphatic hydroxyl groups is 5. The van der Waals surface area contributed by atoms with E-state index < -0.39 is 31.0 Å². The van der Waals surface area contributed by atoms with Crippen molar-refractivity contribution in [2.75, 3.05) is 6.61 Å².